The smallest absolute Gasteiger partial charge is 0.143 e. The monoisotopic (exact) mass is 270 g/mol. The minimum Gasteiger partial charge on any atom is -0.495 e. The molecule has 0 aliphatic rings. The summed E-state index contributed by atoms with van der Waals surface area (Å²) in [6.45, 7) is 2.36. The van der Waals surface area contributed by atoms with Gasteiger partial charge in [0.05, 0.1) is 18.4 Å². The van der Waals surface area contributed by atoms with E-state index in [2.05, 4.69) is 11.4 Å². The number of anilines is 1. The van der Waals surface area contributed by atoms with Crippen LogP contribution in [0, 0.1) is 24.1 Å². The van der Waals surface area contributed by atoms with Crippen molar-refractivity contribution in [2.24, 2.45) is 0 Å². The number of rotatable bonds is 4. The molecular formula is C16H15FN2O. The molecule has 2 aromatic rings. The predicted molar refractivity (Wildman–Crippen MR) is 76.2 cm³/mol. The molecule has 1 N–H and O–H groups in total. The van der Waals surface area contributed by atoms with E-state index >= 15 is 0 Å². The Kier molecular flexibility index (Phi) is 4.21. The van der Waals surface area contributed by atoms with Gasteiger partial charge in [0.2, 0.25) is 0 Å². The molecule has 0 aliphatic heterocycles. The van der Waals surface area contributed by atoms with Crippen LogP contribution >= 0.6 is 0 Å². The number of hydrogen-bond donors (Lipinski definition) is 1. The van der Waals surface area contributed by atoms with E-state index < -0.39 is 0 Å². The number of benzene rings is 2. The zero-order valence-electron chi connectivity index (χ0n) is 11.4. The molecule has 2 rings (SSSR count). The SMILES string of the molecule is COc1cccc(C#N)c1NCc1ccc(F)cc1C. The summed E-state index contributed by atoms with van der Waals surface area (Å²) >= 11 is 0. The number of ether oxygens (including phenoxy) is 1. The van der Waals surface area contributed by atoms with Crippen LogP contribution in [0.15, 0.2) is 36.4 Å². The second-order valence-electron chi connectivity index (χ2n) is 4.42. The molecule has 0 aliphatic carbocycles. The maximum absolute atomic E-state index is 13.1. The first-order valence-electron chi connectivity index (χ1n) is 6.21. The molecule has 4 heteroatoms. The van der Waals surface area contributed by atoms with Gasteiger partial charge in [-0.15, -0.1) is 0 Å². The molecule has 0 saturated heterocycles. The second-order valence-corrected chi connectivity index (χ2v) is 4.42. The molecule has 20 heavy (non-hydrogen) atoms. The Labute approximate surface area is 117 Å². The third kappa shape index (κ3) is 2.89. The highest BCUT2D eigenvalue weighted by atomic mass is 19.1. The summed E-state index contributed by atoms with van der Waals surface area (Å²) in [5, 5.41) is 12.3. The number of methoxy groups -OCH3 is 1. The van der Waals surface area contributed by atoms with Gasteiger partial charge in [-0.3, -0.25) is 0 Å². The van der Waals surface area contributed by atoms with Crippen LogP contribution in [0.2, 0.25) is 0 Å². The average molecular weight is 270 g/mol. The highest BCUT2D eigenvalue weighted by Crippen LogP contribution is 2.28. The van der Waals surface area contributed by atoms with Crippen LogP contribution < -0.4 is 10.1 Å². The van der Waals surface area contributed by atoms with E-state index in [0.717, 1.165) is 11.1 Å². The summed E-state index contributed by atoms with van der Waals surface area (Å²) < 4.78 is 18.3. The molecule has 0 spiro atoms. The van der Waals surface area contributed by atoms with Crippen molar-refractivity contribution in [1.82, 2.24) is 0 Å². The minimum atomic E-state index is -0.249. The normalized spacial score (nSPS) is 9.90. The van der Waals surface area contributed by atoms with Crippen molar-refractivity contribution >= 4 is 5.69 Å². The van der Waals surface area contributed by atoms with E-state index in [1.807, 2.05) is 6.92 Å². The number of halogens is 1. The summed E-state index contributed by atoms with van der Waals surface area (Å²) in [5.41, 5.74) is 3.01. The molecule has 0 radical (unpaired) electrons. The molecular weight excluding hydrogens is 255 g/mol. The lowest BCUT2D eigenvalue weighted by molar-refractivity contribution is 0.416. The molecule has 0 aromatic heterocycles. The van der Waals surface area contributed by atoms with E-state index in [-0.39, 0.29) is 5.82 Å². The van der Waals surface area contributed by atoms with Crippen LogP contribution in [0.25, 0.3) is 0 Å². The van der Waals surface area contributed by atoms with Gasteiger partial charge in [0, 0.05) is 6.54 Å². The third-order valence-electron chi connectivity index (χ3n) is 3.13. The van der Waals surface area contributed by atoms with Crippen LogP contribution in [-0.4, -0.2) is 7.11 Å². The summed E-state index contributed by atoms with van der Waals surface area (Å²) in [6.07, 6.45) is 0. The lowest BCUT2D eigenvalue weighted by atomic mass is 10.1. The summed E-state index contributed by atoms with van der Waals surface area (Å²) in [7, 11) is 1.56. The van der Waals surface area contributed by atoms with Crippen molar-refractivity contribution in [2.45, 2.75) is 13.5 Å². The van der Waals surface area contributed by atoms with E-state index in [1.54, 1.807) is 31.4 Å². The van der Waals surface area contributed by atoms with Crippen LogP contribution in [0.4, 0.5) is 10.1 Å². The first kappa shape index (κ1) is 13.9. The Morgan fingerprint density at radius 1 is 1.30 bits per heavy atom. The Balaban J connectivity index is 2.25. The number of nitriles is 1. The van der Waals surface area contributed by atoms with Gasteiger partial charge in [-0.05, 0) is 42.3 Å². The summed E-state index contributed by atoms with van der Waals surface area (Å²) in [6, 6.07) is 12.1. The summed E-state index contributed by atoms with van der Waals surface area (Å²) in [5.74, 6) is 0.366. The fraction of sp³-hybridized carbons (Fsp3) is 0.188. The fourth-order valence-corrected chi connectivity index (χ4v) is 2.02. The van der Waals surface area contributed by atoms with E-state index in [1.165, 1.54) is 12.1 Å². The van der Waals surface area contributed by atoms with Gasteiger partial charge in [-0.25, -0.2) is 4.39 Å². The molecule has 0 unspecified atom stereocenters. The number of aryl methyl sites for hydroxylation is 1. The van der Waals surface area contributed by atoms with Crippen molar-refractivity contribution in [3.63, 3.8) is 0 Å². The predicted octanol–water partition coefficient (Wildman–Crippen LogP) is 3.63. The third-order valence-corrected chi connectivity index (χ3v) is 3.13. The maximum atomic E-state index is 13.1. The molecule has 0 fully saturated rings. The molecule has 0 saturated carbocycles. The number of para-hydroxylation sites is 1. The topological polar surface area (TPSA) is 45.0 Å². The number of hydrogen-bond acceptors (Lipinski definition) is 3. The molecule has 0 heterocycles. The van der Waals surface area contributed by atoms with Crippen LogP contribution in [0.1, 0.15) is 16.7 Å². The van der Waals surface area contributed by atoms with Crippen molar-refractivity contribution in [2.75, 3.05) is 12.4 Å². The van der Waals surface area contributed by atoms with E-state index in [0.29, 0.717) is 23.5 Å². The lowest BCUT2D eigenvalue weighted by Crippen LogP contribution is -2.05. The maximum Gasteiger partial charge on any atom is 0.143 e. The highest BCUT2D eigenvalue weighted by Gasteiger charge is 2.09. The Hall–Kier alpha value is -2.54. The van der Waals surface area contributed by atoms with Gasteiger partial charge in [0.1, 0.15) is 17.6 Å². The van der Waals surface area contributed by atoms with Crippen molar-refractivity contribution < 1.29 is 9.13 Å². The van der Waals surface area contributed by atoms with Crippen molar-refractivity contribution in [3.8, 4) is 11.8 Å². The Bertz CT molecular complexity index is 662. The molecule has 0 atom stereocenters. The first-order valence-corrected chi connectivity index (χ1v) is 6.21. The summed E-state index contributed by atoms with van der Waals surface area (Å²) in [4.78, 5) is 0. The average Bonchev–Trinajstić information content (AvgIpc) is 2.46. The first-order chi connectivity index (χ1) is 9.65. The second kappa shape index (κ2) is 6.07. The van der Waals surface area contributed by atoms with Crippen molar-refractivity contribution in [3.05, 3.63) is 58.9 Å². The van der Waals surface area contributed by atoms with Gasteiger partial charge in [0.25, 0.3) is 0 Å². The molecule has 3 nitrogen and oxygen atoms in total. The van der Waals surface area contributed by atoms with Crippen LogP contribution in [0.5, 0.6) is 5.75 Å². The zero-order chi connectivity index (χ0) is 14.5. The van der Waals surface area contributed by atoms with Crippen LogP contribution in [-0.2, 0) is 6.54 Å². The van der Waals surface area contributed by atoms with Crippen molar-refractivity contribution in [1.29, 1.82) is 5.26 Å². The zero-order valence-corrected chi connectivity index (χ0v) is 11.4. The number of nitrogens with zero attached hydrogens (tertiary/aromatic N) is 1. The Morgan fingerprint density at radius 3 is 2.75 bits per heavy atom. The van der Waals surface area contributed by atoms with Gasteiger partial charge < -0.3 is 10.1 Å². The fourth-order valence-electron chi connectivity index (χ4n) is 2.02. The quantitative estimate of drug-likeness (QED) is 0.922. The van der Waals surface area contributed by atoms with E-state index in [4.69, 9.17) is 10.00 Å². The van der Waals surface area contributed by atoms with Gasteiger partial charge >= 0.3 is 0 Å². The number of nitrogens with one attached hydrogen (secondary N) is 1. The van der Waals surface area contributed by atoms with Gasteiger partial charge in [-0.1, -0.05) is 12.1 Å². The van der Waals surface area contributed by atoms with Crippen LogP contribution in [0.3, 0.4) is 0 Å². The Morgan fingerprint density at radius 2 is 2.10 bits per heavy atom. The molecule has 2 aromatic carbocycles. The largest absolute Gasteiger partial charge is 0.495 e. The molecule has 0 bridgehead atoms. The van der Waals surface area contributed by atoms with Gasteiger partial charge in [0.15, 0.2) is 0 Å². The van der Waals surface area contributed by atoms with Gasteiger partial charge in [-0.2, -0.15) is 5.26 Å². The highest BCUT2D eigenvalue weighted by molar-refractivity contribution is 5.66. The van der Waals surface area contributed by atoms with E-state index in [9.17, 15) is 4.39 Å². The lowest BCUT2D eigenvalue weighted by Gasteiger charge is -2.13. The molecule has 102 valence electrons. The molecule has 0 amide bonds. The standard InChI is InChI=1S/C16H15FN2O/c1-11-8-14(17)7-6-13(11)10-19-16-12(9-18)4-3-5-15(16)20-2/h3-8,19H,10H2,1-2H3. The minimum absolute atomic E-state index is 0.249.